The zero-order valence-electron chi connectivity index (χ0n) is 13.7. The Morgan fingerprint density at radius 2 is 2.00 bits per heavy atom. The van der Waals surface area contributed by atoms with E-state index in [1.807, 2.05) is 0 Å². The van der Waals surface area contributed by atoms with Gasteiger partial charge in [0.1, 0.15) is 11.9 Å². The van der Waals surface area contributed by atoms with Crippen LogP contribution in [0.25, 0.3) is 0 Å². The third-order valence-corrected chi connectivity index (χ3v) is 4.16. The molecule has 3 N–H and O–H groups in total. The summed E-state index contributed by atoms with van der Waals surface area (Å²) >= 11 is 0. The van der Waals surface area contributed by atoms with Crippen molar-refractivity contribution in [2.24, 2.45) is 5.41 Å². The lowest BCUT2D eigenvalue weighted by Gasteiger charge is -2.19. The lowest BCUT2D eigenvalue weighted by atomic mass is 10.1. The zero-order chi connectivity index (χ0) is 17.6. The molecule has 0 radical (unpaired) electrons. The fourth-order valence-electron chi connectivity index (χ4n) is 2.48. The van der Waals surface area contributed by atoms with E-state index >= 15 is 0 Å². The Morgan fingerprint density at radius 3 is 2.54 bits per heavy atom. The summed E-state index contributed by atoms with van der Waals surface area (Å²) in [6, 6.07) is 4.54. The summed E-state index contributed by atoms with van der Waals surface area (Å²) in [6.07, 6.45) is 1.99. The molecule has 24 heavy (non-hydrogen) atoms. The van der Waals surface area contributed by atoms with E-state index in [0.29, 0.717) is 18.7 Å². The molecular formula is C17H23FN2O4. The van der Waals surface area contributed by atoms with Gasteiger partial charge in [0, 0.05) is 19.1 Å². The third-order valence-electron chi connectivity index (χ3n) is 4.16. The van der Waals surface area contributed by atoms with Gasteiger partial charge in [-0.25, -0.2) is 4.39 Å². The quantitative estimate of drug-likeness (QED) is 0.608. The van der Waals surface area contributed by atoms with Crippen molar-refractivity contribution in [1.82, 2.24) is 10.6 Å². The van der Waals surface area contributed by atoms with Gasteiger partial charge in [0.15, 0.2) is 0 Å². The summed E-state index contributed by atoms with van der Waals surface area (Å²) in [5.41, 5.74) is 0.616. The number of nitrogens with one attached hydrogen (secondary N) is 2. The Kier molecular flexibility index (Phi) is 6.28. The van der Waals surface area contributed by atoms with E-state index < -0.39 is 24.5 Å². The number of carbonyl (C=O) groups excluding carboxylic acids is 2. The van der Waals surface area contributed by atoms with Crippen molar-refractivity contribution in [3.63, 3.8) is 0 Å². The molecule has 1 aliphatic carbocycles. The van der Waals surface area contributed by atoms with Gasteiger partial charge in [0.05, 0.1) is 19.6 Å². The summed E-state index contributed by atoms with van der Waals surface area (Å²) in [5, 5.41) is 14.6. The van der Waals surface area contributed by atoms with Gasteiger partial charge in [0.25, 0.3) is 0 Å². The number of aliphatic hydroxyl groups is 1. The maximum atomic E-state index is 12.8. The van der Waals surface area contributed by atoms with Gasteiger partial charge in [-0.3, -0.25) is 9.59 Å². The van der Waals surface area contributed by atoms with Gasteiger partial charge in [-0.2, -0.15) is 0 Å². The van der Waals surface area contributed by atoms with Crippen LogP contribution in [-0.2, 0) is 20.7 Å². The van der Waals surface area contributed by atoms with Crippen molar-refractivity contribution >= 4 is 11.8 Å². The number of methoxy groups -OCH3 is 1. The number of ether oxygens (including phenoxy) is 1. The highest BCUT2D eigenvalue weighted by molar-refractivity contribution is 5.88. The van der Waals surface area contributed by atoms with Gasteiger partial charge < -0.3 is 20.5 Å². The van der Waals surface area contributed by atoms with Gasteiger partial charge in [-0.15, -0.1) is 0 Å². The first-order chi connectivity index (χ1) is 11.5. The third kappa shape index (κ3) is 5.28. The maximum absolute atomic E-state index is 12.8. The van der Waals surface area contributed by atoms with E-state index in [1.54, 1.807) is 7.11 Å². The van der Waals surface area contributed by atoms with Gasteiger partial charge in [0.2, 0.25) is 11.8 Å². The van der Waals surface area contributed by atoms with Crippen LogP contribution in [0, 0.1) is 11.2 Å². The molecule has 0 aromatic heterocycles. The van der Waals surface area contributed by atoms with Crippen LogP contribution in [0.2, 0.25) is 0 Å². The number of hydrogen-bond donors (Lipinski definition) is 3. The van der Waals surface area contributed by atoms with E-state index in [0.717, 1.165) is 12.8 Å². The second kappa shape index (κ2) is 8.21. The number of carbonyl (C=O) groups is 2. The number of amides is 2. The fourth-order valence-corrected chi connectivity index (χ4v) is 2.48. The van der Waals surface area contributed by atoms with Crippen LogP contribution in [0.5, 0.6) is 0 Å². The highest BCUT2D eigenvalue weighted by atomic mass is 19.1. The van der Waals surface area contributed by atoms with Crippen LogP contribution in [0.15, 0.2) is 24.3 Å². The molecule has 2 amide bonds. The van der Waals surface area contributed by atoms with Crippen LogP contribution in [0.1, 0.15) is 18.4 Å². The van der Waals surface area contributed by atoms with E-state index in [4.69, 9.17) is 4.74 Å². The molecule has 6 nitrogen and oxygen atoms in total. The Hall–Kier alpha value is -1.99. The van der Waals surface area contributed by atoms with E-state index in [-0.39, 0.29) is 17.7 Å². The molecule has 1 atom stereocenters. The van der Waals surface area contributed by atoms with Crippen molar-refractivity contribution in [2.45, 2.75) is 25.3 Å². The number of halogens is 1. The normalized spacial score (nSPS) is 16.3. The molecule has 0 spiro atoms. The predicted molar refractivity (Wildman–Crippen MR) is 85.7 cm³/mol. The first-order valence-corrected chi connectivity index (χ1v) is 7.89. The highest BCUT2D eigenvalue weighted by Gasteiger charge is 2.43. The molecule has 7 heteroatoms. The van der Waals surface area contributed by atoms with E-state index in [2.05, 4.69) is 10.6 Å². The molecule has 0 bridgehead atoms. The molecule has 1 aliphatic rings. The number of aliphatic hydroxyl groups excluding tert-OH is 1. The lowest BCUT2D eigenvalue weighted by molar-refractivity contribution is -0.129. The summed E-state index contributed by atoms with van der Waals surface area (Å²) in [5.74, 6) is -1.21. The molecule has 2 rings (SSSR count). The second-order valence-corrected chi connectivity index (χ2v) is 6.26. The predicted octanol–water partition coefficient (Wildman–Crippen LogP) is 0.388. The molecule has 0 unspecified atom stereocenters. The molecule has 0 aliphatic heterocycles. The van der Waals surface area contributed by atoms with Crippen LogP contribution < -0.4 is 10.6 Å². The summed E-state index contributed by atoms with van der Waals surface area (Å²) < 4.78 is 18.0. The van der Waals surface area contributed by atoms with Gasteiger partial charge in [-0.05, 0) is 30.5 Å². The summed E-state index contributed by atoms with van der Waals surface area (Å²) in [6.45, 7) is 0.552. The largest absolute Gasteiger partial charge is 0.394 e. The monoisotopic (exact) mass is 338 g/mol. The van der Waals surface area contributed by atoms with Crippen molar-refractivity contribution in [1.29, 1.82) is 0 Å². The Labute approximate surface area is 140 Å². The van der Waals surface area contributed by atoms with Crippen molar-refractivity contribution < 1.29 is 23.8 Å². The van der Waals surface area contributed by atoms with Crippen LogP contribution >= 0.6 is 0 Å². The first kappa shape index (κ1) is 18.4. The molecular weight excluding hydrogens is 315 g/mol. The minimum Gasteiger partial charge on any atom is -0.394 e. The minimum absolute atomic E-state index is 0.0114. The Morgan fingerprint density at radius 1 is 1.33 bits per heavy atom. The van der Waals surface area contributed by atoms with Crippen LogP contribution in [0.4, 0.5) is 4.39 Å². The van der Waals surface area contributed by atoms with Crippen LogP contribution in [-0.4, -0.2) is 49.8 Å². The van der Waals surface area contributed by atoms with E-state index in [1.165, 1.54) is 24.3 Å². The van der Waals surface area contributed by atoms with Crippen molar-refractivity contribution in [3.8, 4) is 0 Å². The summed E-state index contributed by atoms with van der Waals surface area (Å²) in [4.78, 5) is 24.1. The van der Waals surface area contributed by atoms with Gasteiger partial charge in [-0.1, -0.05) is 12.1 Å². The van der Waals surface area contributed by atoms with Crippen molar-refractivity contribution in [3.05, 3.63) is 35.6 Å². The highest BCUT2D eigenvalue weighted by Crippen LogP contribution is 2.44. The molecule has 1 saturated carbocycles. The molecule has 0 saturated heterocycles. The minimum atomic E-state index is -1.00. The second-order valence-electron chi connectivity index (χ2n) is 6.26. The van der Waals surface area contributed by atoms with Crippen LogP contribution in [0.3, 0.4) is 0 Å². The van der Waals surface area contributed by atoms with Crippen molar-refractivity contribution in [2.75, 3.05) is 26.9 Å². The smallest absolute Gasteiger partial charge is 0.244 e. The lowest BCUT2D eigenvalue weighted by Crippen LogP contribution is -2.50. The topological polar surface area (TPSA) is 87.7 Å². The molecule has 1 aromatic rings. The van der Waals surface area contributed by atoms with Gasteiger partial charge >= 0.3 is 0 Å². The number of benzene rings is 1. The average Bonchev–Trinajstić information content (AvgIpc) is 3.33. The molecule has 0 heterocycles. The molecule has 132 valence electrons. The SMILES string of the molecule is COCC1(CNC(=O)[C@H](CO)NC(=O)Cc2ccc(F)cc2)CC1. The zero-order valence-corrected chi connectivity index (χ0v) is 13.7. The molecule has 1 aromatic carbocycles. The fraction of sp³-hybridized carbons (Fsp3) is 0.529. The maximum Gasteiger partial charge on any atom is 0.244 e. The standard InChI is InChI=1S/C17H23FN2O4/c1-24-11-17(6-7-17)10-19-16(23)14(9-21)20-15(22)8-12-2-4-13(18)5-3-12/h2-5,14,21H,6-11H2,1H3,(H,19,23)(H,20,22)/t14-/m0/s1. The number of hydrogen-bond acceptors (Lipinski definition) is 4. The van der Waals surface area contributed by atoms with E-state index in [9.17, 15) is 19.1 Å². The number of rotatable bonds is 9. The Balaban J connectivity index is 1.80. The first-order valence-electron chi connectivity index (χ1n) is 7.89. The summed E-state index contributed by atoms with van der Waals surface area (Å²) in [7, 11) is 1.62. The Bertz CT molecular complexity index is 572. The molecule has 1 fully saturated rings. The average molecular weight is 338 g/mol.